The Hall–Kier alpha value is -1.80. The zero-order valence-electron chi connectivity index (χ0n) is 13.5. The van der Waals surface area contributed by atoms with Gasteiger partial charge in [-0.05, 0) is 35.6 Å². The Morgan fingerprint density at radius 2 is 1.67 bits per heavy atom. The Morgan fingerprint density at radius 3 is 2.29 bits per heavy atom. The summed E-state index contributed by atoms with van der Waals surface area (Å²) >= 11 is 0. The number of methoxy groups -OCH3 is 1. The molecule has 0 aliphatic heterocycles. The van der Waals surface area contributed by atoms with Crippen LogP contribution in [0.1, 0.15) is 49.1 Å². The van der Waals surface area contributed by atoms with E-state index in [2.05, 4.69) is 26.8 Å². The van der Waals surface area contributed by atoms with Crippen LogP contribution in [0, 0.1) is 6.92 Å². The van der Waals surface area contributed by atoms with Crippen molar-refractivity contribution in [2.75, 3.05) is 7.11 Å². The highest BCUT2D eigenvalue weighted by Gasteiger charge is 2.24. The molecule has 0 spiro atoms. The van der Waals surface area contributed by atoms with Gasteiger partial charge in [-0.3, -0.25) is 0 Å². The monoisotopic (exact) mass is 284 g/mol. The van der Waals surface area contributed by atoms with Gasteiger partial charge in [0.1, 0.15) is 11.9 Å². The number of rotatable bonds is 3. The van der Waals surface area contributed by atoms with Crippen molar-refractivity contribution in [2.45, 2.75) is 39.2 Å². The van der Waals surface area contributed by atoms with Gasteiger partial charge in [-0.25, -0.2) is 0 Å². The number of ether oxygens (including phenoxy) is 1. The second kappa shape index (κ2) is 5.90. The molecule has 0 aliphatic carbocycles. The molecule has 2 heteroatoms. The zero-order valence-corrected chi connectivity index (χ0v) is 13.5. The van der Waals surface area contributed by atoms with E-state index in [0.717, 1.165) is 28.0 Å². The zero-order chi connectivity index (χ0) is 15.6. The number of benzene rings is 2. The minimum absolute atomic E-state index is 0.0192. The molecule has 2 nitrogen and oxygen atoms in total. The van der Waals surface area contributed by atoms with Crippen molar-refractivity contribution in [3.05, 3.63) is 64.7 Å². The Balaban J connectivity index is 2.56. The fourth-order valence-electron chi connectivity index (χ4n) is 2.65. The topological polar surface area (TPSA) is 29.5 Å². The van der Waals surface area contributed by atoms with Crippen molar-refractivity contribution in [3.8, 4) is 5.75 Å². The van der Waals surface area contributed by atoms with Gasteiger partial charge in [-0.1, -0.05) is 56.7 Å². The van der Waals surface area contributed by atoms with E-state index >= 15 is 0 Å². The van der Waals surface area contributed by atoms with Crippen molar-refractivity contribution in [2.24, 2.45) is 0 Å². The van der Waals surface area contributed by atoms with Gasteiger partial charge in [0.15, 0.2) is 0 Å². The van der Waals surface area contributed by atoms with Gasteiger partial charge >= 0.3 is 0 Å². The molecule has 0 aliphatic rings. The van der Waals surface area contributed by atoms with Crippen LogP contribution in [0.2, 0.25) is 0 Å². The van der Waals surface area contributed by atoms with Gasteiger partial charge in [-0.2, -0.15) is 0 Å². The third-order valence-corrected chi connectivity index (χ3v) is 3.74. The number of aliphatic hydroxyl groups excluding tert-OH is 1. The summed E-state index contributed by atoms with van der Waals surface area (Å²) in [7, 11) is 1.64. The van der Waals surface area contributed by atoms with Gasteiger partial charge < -0.3 is 9.84 Å². The molecule has 2 aromatic rings. The summed E-state index contributed by atoms with van der Waals surface area (Å²) in [6.45, 7) is 8.50. The standard InChI is InChI=1S/C19H24O2/c1-13-10-11-17(21-5)15(12-13)18(20)14-8-6-7-9-16(14)19(2,3)4/h6-12,18,20H,1-5H3. The van der Waals surface area contributed by atoms with E-state index < -0.39 is 6.10 Å². The highest BCUT2D eigenvalue weighted by atomic mass is 16.5. The summed E-state index contributed by atoms with van der Waals surface area (Å²) < 4.78 is 5.41. The molecule has 0 saturated carbocycles. The smallest absolute Gasteiger partial charge is 0.125 e. The Bertz CT molecular complexity index is 624. The summed E-state index contributed by atoms with van der Waals surface area (Å²) in [6, 6.07) is 14.0. The summed E-state index contributed by atoms with van der Waals surface area (Å²) in [5.74, 6) is 0.719. The van der Waals surface area contributed by atoms with Crippen LogP contribution in [0.15, 0.2) is 42.5 Å². The molecule has 0 saturated heterocycles. The van der Waals surface area contributed by atoms with E-state index in [9.17, 15) is 5.11 Å². The van der Waals surface area contributed by atoms with E-state index in [-0.39, 0.29) is 5.41 Å². The molecular formula is C19H24O2. The van der Waals surface area contributed by atoms with Crippen LogP contribution in [0.25, 0.3) is 0 Å². The molecule has 1 atom stereocenters. The second-order valence-electron chi connectivity index (χ2n) is 6.49. The van der Waals surface area contributed by atoms with E-state index in [1.807, 2.05) is 43.3 Å². The van der Waals surface area contributed by atoms with E-state index in [1.54, 1.807) is 7.11 Å². The maximum absolute atomic E-state index is 10.9. The minimum atomic E-state index is -0.685. The van der Waals surface area contributed by atoms with Gasteiger partial charge in [0, 0.05) is 5.56 Å². The van der Waals surface area contributed by atoms with Crippen molar-refractivity contribution >= 4 is 0 Å². The number of aliphatic hydroxyl groups is 1. The quantitative estimate of drug-likeness (QED) is 0.906. The number of aryl methyl sites for hydroxylation is 1. The molecule has 0 bridgehead atoms. The highest BCUT2D eigenvalue weighted by Crippen LogP contribution is 2.36. The molecule has 0 radical (unpaired) electrons. The van der Waals surface area contributed by atoms with Crippen LogP contribution in [-0.2, 0) is 5.41 Å². The molecule has 1 N–H and O–H groups in total. The predicted molar refractivity (Wildman–Crippen MR) is 86.9 cm³/mol. The Kier molecular flexibility index (Phi) is 4.38. The molecular weight excluding hydrogens is 260 g/mol. The van der Waals surface area contributed by atoms with Crippen LogP contribution in [0.3, 0.4) is 0 Å². The maximum Gasteiger partial charge on any atom is 0.125 e. The Labute approximate surface area is 127 Å². The first-order chi connectivity index (χ1) is 9.84. The van der Waals surface area contributed by atoms with E-state index in [0.29, 0.717) is 0 Å². The number of hydrogen-bond donors (Lipinski definition) is 1. The van der Waals surface area contributed by atoms with Crippen LogP contribution in [0.5, 0.6) is 5.75 Å². The summed E-state index contributed by atoms with van der Waals surface area (Å²) in [5.41, 5.74) is 4.00. The molecule has 0 fully saturated rings. The van der Waals surface area contributed by atoms with E-state index in [4.69, 9.17) is 4.74 Å². The lowest BCUT2D eigenvalue weighted by Crippen LogP contribution is -2.16. The molecule has 21 heavy (non-hydrogen) atoms. The second-order valence-corrected chi connectivity index (χ2v) is 6.49. The van der Waals surface area contributed by atoms with Crippen molar-refractivity contribution in [1.29, 1.82) is 0 Å². The average molecular weight is 284 g/mol. The highest BCUT2D eigenvalue weighted by molar-refractivity contribution is 5.46. The van der Waals surface area contributed by atoms with Crippen LogP contribution < -0.4 is 4.74 Å². The first-order valence-corrected chi connectivity index (χ1v) is 7.26. The van der Waals surface area contributed by atoms with Crippen molar-refractivity contribution < 1.29 is 9.84 Å². The van der Waals surface area contributed by atoms with Crippen LogP contribution >= 0.6 is 0 Å². The molecule has 0 aromatic heterocycles. The molecule has 2 aromatic carbocycles. The lowest BCUT2D eigenvalue weighted by molar-refractivity contribution is 0.212. The molecule has 0 heterocycles. The fraction of sp³-hybridized carbons (Fsp3) is 0.368. The largest absolute Gasteiger partial charge is 0.496 e. The first kappa shape index (κ1) is 15.6. The van der Waals surface area contributed by atoms with Gasteiger partial charge in [0.25, 0.3) is 0 Å². The Morgan fingerprint density at radius 1 is 1.00 bits per heavy atom. The lowest BCUT2D eigenvalue weighted by atomic mass is 9.81. The summed E-state index contributed by atoms with van der Waals surface area (Å²) in [6.07, 6.45) is -0.685. The van der Waals surface area contributed by atoms with Crippen LogP contribution in [-0.4, -0.2) is 12.2 Å². The van der Waals surface area contributed by atoms with Crippen LogP contribution in [0.4, 0.5) is 0 Å². The molecule has 0 amide bonds. The van der Waals surface area contributed by atoms with E-state index in [1.165, 1.54) is 0 Å². The predicted octanol–water partition coefficient (Wildman–Crippen LogP) is 4.38. The SMILES string of the molecule is COc1ccc(C)cc1C(O)c1ccccc1C(C)(C)C. The van der Waals surface area contributed by atoms with Gasteiger partial charge in [-0.15, -0.1) is 0 Å². The van der Waals surface area contributed by atoms with Crippen molar-refractivity contribution in [3.63, 3.8) is 0 Å². The summed E-state index contributed by atoms with van der Waals surface area (Å²) in [5, 5.41) is 10.9. The molecule has 1 unspecified atom stereocenters. The third kappa shape index (κ3) is 3.27. The third-order valence-electron chi connectivity index (χ3n) is 3.74. The normalized spacial score (nSPS) is 13.0. The summed E-state index contributed by atoms with van der Waals surface area (Å²) in [4.78, 5) is 0. The number of hydrogen-bond acceptors (Lipinski definition) is 2. The van der Waals surface area contributed by atoms with Gasteiger partial charge in [0.05, 0.1) is 7.11 Å². The fourth-order valence-corrected chi connectivity index (χ4v) is 2.65. The average Bonchev–Trinajstić information content (AvgIpc) is 2.45. The molecule has 2 rings (SSSR count). The van der Waals surface area contributed by atoms with Gasteiger partial charge in [0.2, 0.25) is 0 Å². The molecule has 112 valence electrons. The minimum Gasteiger partial charge on any atom is -0.496 e. The van der Waals surface area contributed by atoms with Crippen molar-refractivity contribution in [1.82, 2.24) is 0 Å². The maximum atomic E-state index is 10.9. The first-order valence-electron chi connectivity index (χ1n) is 7.26. The lowest BCUT2D eigenvalue weighted by Gasteiger charge is -2.26.